The zero-order chi connectivity index (χ0) is 22.2. The Bertz CT molecular complexity index is 837. The molecule has 1 aromatic heterocycles. The quantitative estimate of drug-likeness (QED) is 0.592. The van der Waals surface area contributed by atoms with E-state index in [4.69, 9.17) is 9.47 Å². The molecule has 2 heterocycles. The zero-order valence-electron chi connectivity index (χ0n) is 18.6. The number of carbonyl (C=O) groups is 1. The van der Waals surface area contributed by atoms with Gasteiger partial charge in [-0.2, -0.15) is 0 Å². The van der Waals surface area contributed by atoms with Gasteiger partial charge in [0.1, 0.15) is 17.1 Å². The molecule has 2 N–H and O–H groups in total. The van der Waals surface area contributed by atoms with Crippen molar-refractivity contribution in [3.8, 4) is 11.5 Å². The summed E-state index contributed by atoms with van der Waals surface area (Å²) in [4.78, 5) is 22.9. The van der Waals surface area contributed by atoms with Crippen molar-refractivity contribution in [2.24, 2.45) is 0 Å². The van der Waals surface area contributed by atoms with Crippen LogP contribution in [0.5, 0.6) is 11.5 Å². The Labute approximate surface area is 183 Å². The van der Waals surface area contributed by atoms with Crippen molar-refractivity contribution in [3.05, 3.63) is 41.2 Å². The van der Waals surface area contributed by atoms with Crippen molar-refractivity contribution in [2.75, 3.05) is 31.6 Å². The topological polar surface area (TPSA) is 96.8 Å². The van der Waals surface area contributed by atoms with Gasteiger partial charge < -0.3 is 19.9 Å². The largest absolute Gasteiger partial charge is 0.493 e. The number of ether oxygens (including phenoxy) is 2. The Balaban J connectivity index is 1.63. The van der Waals surface area contributed by atoms with Crippen LogP contribution in [0, 0.1) is 0 Å². The number of likely N-dealkylation sites (tertiary alicyclic amines) is 1. The molecule has 3 rings (SSSR count). The van der Waals surface area contributed by atoms with Crippen LogP contribution in [0.2, 0.25) is 0 Å². The highest BCUT2D eigenvalue weighted by molar-refractivity contribution is 5.94. The number of hydrogen-bond acceptors (Lipinski definition) is 7. The molecule has 2 aromatic rings. The number of nitrogens with one attached hydrogen (secondary N) is 1. The molecular formula is C23H32N4O4. The average Bonchev–Trinajstić information content (AvgIpc) is 2.76. The minimum absolute atomic E-state index is 0.0875. The lowest BCUT2D eigenvalue weighted by Gasteiger charge is -2.32. The predicted octanol–water partition coefficient (Wildman–Crippen LogP) is 3.61. The van der Waals surface area contributed by atoms with E-state index in [0.717, 1.165) is 43.5 Å². The van der Waals surface area contributed by atoms with Gasteiger partial charge in [-0.25, -0.2) is 14.8 Å². The maximum Gasteiger partial charge on any atom is 0.343 e. The number of aromatic nitrogens is 2. The van der Waals surface area contributed by atoms with Crippen LogP contribution in [0.15, 0.2) is 24.5 Å². The van der Waals surface area contributed by atoms with Gasteiger partial charge in [0.2, 0.25) is 5.95 Å². The van der Waals surface area contributed by atoms with Crippen molar-refractivity contribution < 1.29 is 19.4 Å². The number of aromatic carboxylic acids is 1. The third kappa shape index (κ3) is 6.07. The highest BCUT2D eigenvalue weighted by atomic mass is 16.5. The number of anilines is 1. The van der Waals surface area contributed by atoms with E-state index in [-0.39, 0.29) is 5.56 Å². The first-order valence-corrected chi connectivity index (χ1v) is 11.0. The van der Waals surface area contributed by atoms with E-state index in [0.29, 0.717) is 43.2 Å². The number of carboxylic acid groups (broad SMARTS) is 1. The van der Waals surface area contributed by atoms with E-state index in [2.05, 4.69) is 27.1 Å². The molecule has 0 radical (unpaired) electrons. The molecule has 0 amide bonds. The van der Waals surface area contributed by atoms with E-state index >= 15 is 0 Å². The molecule has 8 nitrogen and oxygen atoms in total. The van der Waals surface area contributed by atoms with Gasteiger partial charge in [0.05, 0.1) is 13.2 Å². The maximum absolute atomic E-state index is 11.7. The summed E-state index contributed by atoms with van der Waals surface area (Å²) in [5, 5.41) is 13.0. The molecule has 0 saturated carbocycles. The molecule has 1 saturated heterocycles. The Hall–Kier alpha value is -2.87. The van der Waals surface area contributed by atoms with E-state index in [9.17, 15) is 9.90 Å². The number of benzene rings is 1. The fourth-order valence-electron chi connectivity index (χ4n) is 3.77. The number of piperidine rings is 1. The number of rotatable bonds is 10. The third-order valence-electron chi connectivity index (χ3n) is 5.38. The van der Waals surface area contributed by atoms with Crippen LogP contribution in [0.25, 0.3) is 0 Å². The number of aryl methyl sites for hydroxylation is 1. The fourth-order valence-corrected chi connectivity index (χ4v) is 3.77. The number of nitrogens with zero attached hydrogens (tertiary/aromatic N) is 3. The van der Waals surface area contributed by atoms with Crippen molar-refractivity contribution in [1.82, 2.24) is 14.9 Å². The fraction of sp³-hybridized carbons (Fsp3) is 0.522. The molecule has 0 unspecified atom stereocenters. The average molecular weight is 429 g/mol. The van der Waals surface area contributed by atoms with Crippen LogP contribution in [0.1, 0.15) is 55.1 Å². The van der Waals surface area contributed by atoms with Crippen molar-refractivity contribution in [1.29, 1.82) is 0 Å². The van der Waals surface area contributed by atoms with Gasteiger partial charge in [0.25, 0.3) is 0 Å². The first-order chi connectivity index (χ1) is 15.0. The second kappa shape index (κ2) is 10.9. The standard InChI is InChI=1S/C23H32N4O4/c1-4-16-13-24-23(25-14-16)26-18-7-9-27(10-8-18)15-17-11-19(30-5-2)21(22(28)29)20(12-17)31-6-3/h11-14,18H,4-10,15H2,1-3H3,(H,28,29)(H,24,25,26). The van der Waals surface area contributed by atoms with E-state index in [1.165, 1.54) is 0 Å². The van der Waals surface area contributed by atoms with Crippen molar-refractivity contribution in [2.45, 2.75) is 52.6 Å². The molecule has 0 bridgehead atoms. The van der Waals surface area contributed by atoms with Gasteiger partial charge in [-0.3, -0.25) is 4.90 Å². The highest BCUT2D eigenvalue weighted by Crippen LogP contribution is 2.32. The minimum Gasteiger partial charge on any atom is -0.493 e. The molecule has 1 aromatic carbocycles. The van der Waals surface area contributed by atoms with Crippen molar-refractivity contribution in [3.63, 3.8) is 0 Å². The first-order valence-electron chi connectivity index (χ1n) is 11.0. The summed E-state index contributed by atoms with van der Waals surface area (Å²) in [7, 11) is 0. The highest BCUT2D eigenvalue weighted by Gasteiger charge is 2.23. The summed E-state index contributed by atoms with van der Waals surface area (Å²) in [6, 6.07) is 3.99. The summed E-state index contributed by atoms with van der Waals surface area (Å²) in [5.41, 5.74) is 2.21. The molecule has 1 aliphatic heterocycles. The smallest absolute Gasteiger partial charge is 0.343 e. The molecule has 8 heteroatoms. The summed E-state index contributed by atoms with van der Waals surface area (Å²) in [5.74, 6) is 0.363. The number of carboxylic acids is 1. The van der Waals surface area contributed by atoms with Gasteiger partial charge in [0.15, 0.2) is 0 Å². The van der Waals surface area contributed by atoms with E-state index in [1.54, 1.807) is 0 Å². The summed E-state index contributed by atoms with van der Waals surface area (Å²) in [6.45, 7) is 9.14. The summed E-state index contributed by atoms with van der Waals surface area (Å²) >= 11 is 0. The molecule has 168 valence electrons. The molecule has 0 spiro atoms. The lowest BCUT2D eigenvalue weighted by atomic mass is 10.0. The van der Waals surface area contributed by atoms with Crippen LogP contribution in [0.3, 0.4) is 0 Å². The Kier molecular flexibility index (Phi) is 8.06. The maximum atomic E-state index is 11.7. The minimum atomic E-state index is -1.04. The van der Waals surface area contributed by atoms with Crippen LogP contribution < -0.4 is 14.8 Å². The van der Waals surface area contributed by atoms with Gasteiger partial charge in [-0.05, 0) is 56.4 Å². The normalized spacial score (nSPS) is 14.9. The second-order valence-corrected chi connectivity index (χ2v) is 7.60. The van der Waals surface area contributed by atoms with Crippen LogP contribution >= 0.6 is 0 Å². The lowest BCUT2D eigenvalue weighted by molar-refractivity contribution is 0.0687. The van der Waals surface area contributed by atoms with Gasteiger partial charge >= 0.3 is 5.97 Å². The third-order valence-corrected chi connectivity index (χ3v) is 5.38. The van der Waals surface area contributed by atoms with Gasteiger partial charge in [0, 0.05) is 38.1 Å². The first kappa shape index (κ1) is 22.8. The summed E-state index contributed by atoms with van der Waals surface area (Å²) in [6.07, 6.45) is 6.65. The van der Waals surface area contributed by atoms with Gasteiger partial charge in [-0.15, -0.1) is 0 Å². The second-order valence-electron chi connectivity index (χ2n) is 7.60. The molecule has 1 fully saturated rings. The van der Waals surface area contributed by atoms with Crippen molar-refractivity contribution >= 4 is 11.9 Å². The van der Waals surface area contributed by atoms with Crippen LogP contribution in [-0.4, -0.2) is 58.3 Å². The van der Waals surface area contributed by atoms with Crippen LogP contribution in [-0.2, 0) is 13.0 Å². The monoisotopic (exact) mass is 428 g/mol. The lowest BCUT2D eigenvalue weighted by Crippen LogP contribution is -2.39. The van der Waals surface area contributed by atoms with Gasteiger partial charge in [-0.1, -0.05) is 6.92 Å². The van der Waals surface area contributed by atoms with E-state index < -0.39 is 5.97 Å². The Morgan fingerprint density at radius 3 is 2.13 bits per heavy atom. The van der Waals surface area contributed by atoms with E-state index in [1.807, 2.05) is 38.4 Å². The van der Waals surface area contributed by atoms with Crippen LogP contribution in [0.4, 0.5) is 5.95 Å². The Morgan fingerprint density at radius 2 is 1.65 bits per heavy atom. The molecule has 31 heavy (non-hydrogen) atoms. The number of hydrogen-bond donors (Lipinski definition) is 2. The summed E-state index contributed by atoms with van der Waals surface area (Å²) < 4.78 is 11.2. The predicted molar refractivity (Wildman–Crippen MR) is 119 cm³/mol. The SMILES string of the molecule is CCOc1cc(CN2CCC(Nc3ncc(CC)cn3)CC2)cc(OCC)c1C(=O)O. The zero-order valence-corrected chi connectivity index (χ0v) is 18.6. The molecule has 0 atom stereocenters. The molecule has 0 aliphatic carbocycles. The molecule has 1 aliphatic rings. The Morgan fingerprint density at radius 1 is 1.06 bits per heavy atom. The molecular weight excluding hydrogens is 396 g/mol.